The molecule has 0 spiro atoms. The number of imidazole rings is 1. The van der Waals surface area contributed by atoms with Crippen LogP contribution in [0.1, 0.15) is 60.1 Å². The van der Waals surface area contributed by atoms with Gasteiger partial charge in [-0.1, -0.05) is 43.5 Å². The number of hydrogen-bond donors (Lipinski definition) is 2. The van der Waals surface area contributed by atoms with E-state index in [0.717, 1.165) is 74.5 Å². The molecule has 2 heterocycles. The highest BCUT2D eigenvalue weighted by Crippen LogP contribution is 2.29. The van der Waals surface area contributed by atoms with Crippen LogP contribution in [0.5, 0.6) is 0 Å². The fourth-order valence-corrected chi connectivity index (χ4v) is 5.27. The Labute approximate surface area is 269 Å². The van der Waals surface area contributed by atoms with E-state index in [1.807, 2.05) is 16.7 Å². The molecule has 2 N–H and O–H groups in total. The first-order valence-corrected chi connectivity index (χ1v) is 15.6. The van der Waals surface area contributed by atoms with Crippen molar-refractivity contribution in [3.8, 4) is 6.07 Å². The fourth-order valence-electron chi connectivity index (χ4n) is 5.27. The standard InChI is InChI=1S/C14H14N4O.C13H17F3N2.C7H13NO/c15-7-12-1-3-13(4-2-12)9-18-10-17-8-14(18)5-6-16-11-19;1-17-6-8-18(9-7-17)10-11-2-4-12(5-3-11)13(14,15)16;9-6-8-7-4-2-1-3-5-7/h1-4,8,10-11H,5-6,9H2,(H,16,19);2-5H,6-10H2,1H3;6-7H,1-5H2,(H,8,9). The molecule has 12 heteroatoms. The maximum Gasteiger partial charge on any atom is 0.416 e. The van der Waals surface area contributed by atoms with E-state index >= 15 is 0 Å². The first kappa shape index (κ1) is 36.3. The van der Waals surface area contributed by atoms with Crippen LogP contribution in [0.2, 0.25) is 0 Å². The summed E-state index contributed by atoms with van der Waals surface area (Å²) >= 11 is 0. The van der Waals surface area contributed by atoms with Crippen molar-refractivity contribution in [1.29, 1.82) is 5.26 Å². The molecule has 0 atom stereocenters. The molecule has 0 radical (unpaired) electrons. The minimum atomic E-state index is -4.24. The number of nitrogens with zero attached hydrogens (tertiary/aromatic N) is 5. The summed E-state index contributed by atoms with van der Waals surface area (Å²) in [5, 5.41) is 14.2. The van der Waals surface area contributed by atoms with E-state index in [0.29, 0.717) is 31.1 Å². The van der Waals surface area contributed by atoms with Crippen LogP contribution in [0.15, 0.2) is 61.1 Å². The number of hydrogen-bond acceptors (Lipinski definition) is 6. The monoisotopic (exact) mass is 639 g/mol. The Morgan fingerprint density at radius 2 is 1.54 bits per heavy atom. The van der Waals surface area contributed by atoms with E-state index in [-0.39, 0.29) is 0 Å². The lowest BCUT2D eigenvalue weighted by Gasteiger charge is -2.32. The number of rotatable bonds is 10. The molecule has 9 nitrogen and oxygen atoms in total. The highest BCUT2D eigenvalue weighted by atomic mass is 19.4. The zero-order valence-electron chi connectivity index (χ0n) is 26.4. The van der Waals surface area contributed by atoms with Crippen LogP contribution in [-0.4, -0.2) is 78.0 Å². The molecule has 1 saturated carbocycles. The highest BCUT2D eigenvalue weighted by Gasteiger charge is 2.30. The first-order valence-electron chi connectivity index (χ1n) is 15.6. The molecule has 2 fully saturated rings. The minimum absolute atomic E-state index is 0.483. The SMILES string of the molecule is CN1CCN(Cc2ccc(C(F)(F)F)cc2)CC1.N#Cc1ccc(Cn2cncc2CCNC=O)cc1.O=CNC1CCCCC1. The molecule has 0 bridgehead atoms. The summed E-state index contributed by atoms with van der Waals surface area (Å²) in [6, 6.07) is 15.5. The predicted molar refractivity (Wildman–Crippen MR) is 171 cm³/mol. The average molecular weight is 640 g/mol. The Morgan fingerprint density at radius 3 is 2.13 bits per heavy atom. The molecule has 248 valence electrons. The zero-order valence-corrected chi connectivity index (χ0v) is 26.4. The van der Waals surface area contributed by atoms with Gasteiger partial charge in [-0.2, -0.15) is 18.4 Å². The maximum absolute atomic E-state index is 12.4. The Balaban J connectivity index is 0.000000200. The number of alkyl halides is 3. The third kappa shape index (κ3) is 13.0. The highest BCUT2D eigenvalue weighted by molar-refractivity contribution is 5.46. The zero-order chi connectivity index (χ0) is 33.2. The molecule has 1 aromatic heterocycles. The number of piperazine rings is 1. The number of nitrogens with one attached hydrogen (secondary N) is 2. The lowest BCUT2D eigenvalue weighted by molar-refractivity contribution is -0.137. The summed E-state index contributed by atoms with van der Waals surface area (Å²) in [5.74, 6) is 0. The third-order valence-electron chi connectivity index (χ3n) is 8.04. The summed E-state index contributed by atoms with van der Waals surface area (Å²) < 4.78 is 39.3. The summed E-state index contributed by atoms with van der Waals surface area (Å²) in [5.41, 5.74) is 3.20. The van der Waals surface area contributed by atoms with Crippen LogP contribution in [0.3, 0.4) is 0 Å². The second kappa shape index (κ2) is 19.3. The molecule has 1 aliphatic carbocycles. The Bertz CT molecular complexity index is 1340. The van der Waals surface area contributed by atoms with Gasteiger partial charge in [-0.05, 0) is 55.3 Å². The van der Waals surface area contributed by atoms with Crippen LogP contribution >= 0.6 is 0 Å². The van der Waals surface area contributed by atoms with E-state index < -0.39 is 11.7 Å². The van der Waals surface area contributed by atoms with Gasteiger partial charge in [0.15, 0.2) is 0 Å². The van der Waals surface area contributed by atoms with Gasteiger partial charge in [0.25, 0.3) is 0 Å². The third-order valence-corrected chi connectivity index (χ3v) is 8.04. The molecular weight excluding hydrogens is 595 g/mol. The van der Waals surface area contributed by atoms with Crippen molar-refractivity contribution in [2.45, 2.75) is 63.8 Å². The van der Waals surface area contributed by atoms with Crippen molar-refractivity contribution < 1.29 is 22.8 Å². The quantitative estimate of drug-likeness (QED) is 0.248. The predicted octanol–water partition coefficient (Wildman–Crippen LogP) is 4.61. The summed E-state index contributed by atoms with van der Waals surface area (Å²) in [4.78, 5) is 28.8. The Hall–Kier alpha value is -4.21. The molecule has 1 saturated heterocycles. The van der Waals surface area contributed by atoms with E-state index in [4.69, 9.17) is 5.26 Å². The molecule has 1 aliphatic heterocycles. The van der Waals surface area contributed by atoms with Crippen LogP contribution in [0.25, 0.3) is 0 Å². The normalized spacial score (nSPS) is 15.7. The van der Waals surface area contributed by atoms with Gasteiger partial charge < -0.3 is 20.1 Å². The molecule has 2 aromatic carbocycles. The van der Waals surface area contributed by atoms with Crippen molar-refractivity contribution in [2.24, 2.45) is 0 Å². The summed E-state index contributed by atoms with van der Waals surface area (Å²) in [6.07, 6.45) is 7.86. The first-order chi connectivity index (χ1) is 22.2. The number of carbonyl (C=O) groups excluding carboxylic acids is 2. The number of likely N-dealkylation sites (N-methyl/N-ethyl adjacent to an activating group) is 1. The molecule has 3 aromatic rings. The Kier molecular flexibility index (Phi) is 15.2. The van der Waals surface area contributed by atoms with Crippen LogP contribution in [-0.2, 0) is 35.3 Å². The van der Waals surface area contributed by atoms with E-state index in [2.05, 4.69) is 38.5 Å². The lowest BCUT2D eigenvalue weighted by atomic mass is 9.96. The van der Waals surface area contributed by atoms with Crippen molar-refractivity contribution in [2.75, 3.05) is 39.8 Å². The van der Waals surface area contributed by atoms with Gasteiger partial charge in [0, 0.05) is 70.2 Å². The van der Waals surface area contributed by atoms with Crippen molar-refractivity contribution in [3.63, 3.8) is 0 Å². The van der Waals surface area contributed by atoms with E-state index in [1.165, 1.54) is 32.1 Å². The number of nitriles is 1. The van der Waals surface area contributed by atoms with Gasteiger partial charge in [-0.25, -0.2) is 4.98 Å². The van der Waals surface area contributed by atoms with Crippen molar-refractivity contribution in [3.05, 3.63) is 89.0 Å². The van der Waals surface area contributed by atoms with Gasteiger partial charge in [-0.15, -0.1) is 0 Å². The Morgan fingerprint density at radius 1 is 0.913 bits per heavy atom. The second-order valence-corrected chi connectivity index (χ2v) is 11.5. The largest absolute Gasteiger partial charge is 0.416 e. The number of carbonyl (C=O) groups is 2. The van der Waals surface area contributed by atoms with Crippen LogP contribution in [0.4, 0.5) is 13.2 Å². The molecule has 5 rings (SSSR count). The number of amides is 2. The van der Waals surface area contributed by atoms with Gasteiger partial charge in [0.1, 0.15) is 0 Å². The molecule has 46 heavy (non-hydrogen) atoms. The van der Waals surface area contributed by atoms with Crippen molar-refractivity contribution in [1.82, 2.24) is 30.0 Å². The lowest BCUT2D eigenvalue weighted by Crippen LogP contribution is -2.43. The summed E-state index contributed by atoms with van der Waals surface area (Å²) in [7, 11) is 2.08. The maximum atomic E-state index is 12.4. The van der Waals surface area contributed by atoms with Crippen LogP contribution < -0.4 is 10.6 Å². The molecule has 0 unspecified atom stereocenters. The molecule has 2 amide bonds. The fraction of sp³-hybridized carbons (Fsp3) is 0.471. The van der Waals surface area contributed by atoms with Gasteiger partial charge in [0.05, 0.1) is 23.5 Å². The van der Waals surface area contributed by atoms with Gasteiger partial charge >= 0.3 is 6.18 Å². The molecule has 2 aliphatic rings. The van der Waals surface area contributed by atoms with E-state index in [1.54, 1.807) is 36.8 Å². The summed E-state index contributed by atoms with van der Waals surface area (Å²) in [6.45, 7) is 6.01. The van der Waals surface area contributed by atoms with Crippen LogP contribution in [0, 0.1) is 11.3 Å². The number of benzene rings is 2. The topological polar surface area (TPSA) is 106 Å². The number of halogens is 3. The second-order valence-electron chi connectivity index (χ2n) is 11.5. The molecular formula is C34H44F3N7O2. The van der Waals surface area contributed by atoms with Gasteiger partial charge in [-0.3, -0.25) is 14.5 Å². The minimum Gasteiger partial charge on any atom is -0.358 e. The van der Waals surface area contributed by atoms with E-state index in [9.17, 15) is 22.8 Å². The smallest absolute Gasteiger partial charge is 0.358 e. The number of aromatic nitrogens is 2. The average Bonchev–Trinajstić information content (AvgIpc) is 3.50. The van der Waals surface area contributed by atoms with Gasteiger partial charge in [0.2, 0.25) is 12.8 Å². The van der Waals surface area contributed by atoms with Crippen molar-refractivity contribution >= 4 is 12.8 Å².